The van der Waals surface area contributed by atoms with Crippen molar-refractivity contribution in [1.82, 2.24) is 15.3 Å². The molecular formula is C12H18F3N5O. The van der Waals surface area contributed by atoms with Crippen LogP contribution in [0.25, 0.3) is 0 Å². The lowest BCUT2D eigenvalue weighted by atomic mass is 10.1. The lowest BCUT2D eigenvalue weighted by molar-refractivity contribution is -0.141. The van der Waals surface area contributed by atoms with E-state index in [0.717, 1.165) is 6.07 Å². The first-order valence-corrected chi connectivity index (χ1v) is 6.25. The van der Waals surface area contributed by atoms with Crippen LogP contribution in [0.2, 0.25) is 0 Å². The van der Waals surface area contributed by atoms with Crippen molar-refractivity contribution in [3.63, 3.8) is 0 Å². The monoisotopic (exact) mass is 305 g/mol. The number of nitrogens with one attached hydrogen (secondary N) is 2. The second-order valence-electron chi connectivity index (χ2n) is 4.58. The largest absolute Gasteiger partial charge is 0.433 e. The third kappa shape index (κ3) is 4.47. The standard InChI is InChI=1S/C12H18F3N5O/c1-7(10(21)16-2)6-20(4)9-5-8(12(13,14)15)18-11(17-3)19-9/h5,7H,6H2,1-4H3,(H,16,21)(H,17,18,19). The van der Waals surface area contributed by atoms with Gasteiger partial charge in [-0.2, -0.15) is 18.2 Å². The van der Waals surface area contributed by atoms with Crippen molar-refractivity contribution in [3.8, 4) is 0 Å². The van der Waals surface area contributed by atoms with Gasteiger partial charge in [0.1, 0.15) is 5.82 Å². The summed E-state index contributed by atoms with van der Waals surface area (Å²) in [6, 6.07) is 0.859. The Labute approximate surface area is 120 Å². The van der Waals surface area contributed by atoms with Crippen LogP contribution in [0.3, 0.4) is 0 Å². The Morgan fingerprint density at radius 1 is 1.38 bits per heavy atom. The highest BCUT2D eigenvalue weighted by Gasteiger charge is 2.34. The first kappa shape index (κ1) is 17.0. The van der Waals surface area contributed by atoms with Crippen LogP contribution in [0.4, 0.5) is 24.9 Å². The average Bonchev–Trinajstić information content (AvgIpc) is 2.44. The molecule has 0 aliphatic rings. The summed E-state index contributed by atoms with van der Waals surface area (Å²) in [6.45, 7) is 1.91. The van der Waals surface area contributed by atoms with E-state index in [9.17, 15) is 18.0 Å². The summed E-state index contributed by atoms with van der Waals surface area (Å²) in [7, 11) is 4.51. The first-order chi connectivity index (χ1) is 9.68. The number of amides is 1. The molecule has 1 rings (SSSR count). The van der Waals surface area contributed by atoms with E-state index in [1.54, 1.807) is 14.0 Å². The van der Waals surface area contributed by atoms with E-state index in [-0.39, 0.29) is 30.1 Å². The normalized spacial score (nSPS) is 12.7. The summed E-state index contributed by atoms with van der Waals surface area (Å²) in [5.41, 5.74) is -1.03. The van der Waals surface area contributed by atoms with Crippen LogP contribution in [0.1, 0.15) is 12.6 Å². The van der Waals surface area contributed by atoms with Crippen LogP contribution < -0.4 is 15.5 Å². The molecule has 1 heterocycles. The lowest BCUT2D eigenvalue weighted by Gasteiger charge is -2.22. The smallest absolute Gasteiger partial charge is 0.359 e. The molecule has 0 bridgehead atoms. The highest BCUT2D eigenvalue weighted by Crippen LogP contribution is 2.30. The zero-order valence-electron chi connectivity index (χ0n) is 12.2. The Morgan fingerprint density at radius 3 is 2.48 bits per heavy atom. The van der Waals surface area contributed by atoms with Gasteiger partial charge in [0.2, 0.25) is 11.9 Å². The first-order valence-electron chi connectivity index (χ1n) is 6.25. The molecule has 0 aliphatic carbocycles. The van der Waals surface area contributed by atoms with Gasteiger partial charge >= 0.3 is 6.18 Å². The molecule has 0 saturated heterocycles. The van der Waals surface area contributed by atoms with Gasteiger partial charge in [-0.05, 0) is 0 Å². The fourth-order valence-corrected chi connectivity index (χ4v) is 1.72. The van der Waals surface area contributed by atoms with Gasteiger partial charge in [0, 0.05) is 33.8 Å². The van der Waals surface area contributed by atoms with Crippen molar-refractivity contribution >= 4 is 17.7 Å². The molecule has 0 saturated carbocycles. The fourth-order valence-electron chi connectivity index (χ4n) is 1.72. The maximum atomic E-state index is 12.8. The fraction of sp³-hybridized carbons (Fsp3) is 0.583. The van der Waals surface area contributed by atoms with Crippen molar-refractivity contribution < 1.29 is 18.0 Å². The average molecular weight is 305 g/mol. The quantitative estimate of drug-likeness (QED) is 0.859. The number of hydrogen-bond donors (Lipinski definition) is 2. The van der Waals surface area contributed by atoms with Crippen LogP contribution in [0, 0.1) is 5.92 Å². The van der Waals surface area contributed by atoms with Gasteiger partial charge < -0.3 is 15.5 Å². The van der Waals surface area contributed by atoms with Gasteiger partial charge in [0.05, 0.1) is 5.92 Å². The van der Waals surface area contributed by atoms with Gasteiger partial charge in [0.25, 0.3) is 0 Å². The molecule has 118 valence electrons. The number of nitrogens with zero attached hydrogens (tertiary/aromatic N) is 3. The minimum atomic E-state index is -4.56. The van der Waals surface area contributed by atoms with Crippen LogP contribution >= 0.6 is 0 Å². The van der Waals surface area contributed by atoms with Crippen LogP contribution in [0.15, 0.2) is 6.07 Å². The Morgan fingerprint density at radius 2 is 2.00 bits per heavy atom. The highest BCUT2D eigenvalue weighted by molar-refractivity contribution is 5.78. The second-order valence-corrected chi connectivity index (χ2v) is 4.58. The second kappa shape index (κ2) is 6.59. The van der Waals surface area contributed by atoms with E-state index in [4.69, 9.17) is 0 Å². The summed E-state index contributed by atoms with van der Waals surface area (Å²) in [4.78, 5) is 20.3. The molecule has 1 aromatic rings. The number of carbonyl (C=O) groups excluding carboxylic acids is 1. The highest BCUT2D eigenvalue weighted by atomic mass is 19.4. The van der Waals surface area contributed by atoms with E-state index in [1.807, 2.05) is 0 Å². The van der Waals surface area contributed by atoms with Gasteiger partial charge in [-0.1, -0.05) is 6.92 Å². The van der Waals surface area contributed by atoms with Crippen molar-refractivity contribution in [2.75, 3.05) is 37.9 Å². The maximum absolute atomic E-state index is 12.8. The molecule has 9 heteroatoms. The molecule has 6 nitrogen and oxygen atoms in total. The molecule has 1 amide bonds. The minimum Gasteiger partial charge on any atom is -0.359 e. The molecule has 0 radical (unpaired) electrons. The van der Waals surface area contributed by atoms with Crippen molar-refractivity contribution in [2.45, 2.75) is 13.1 Å². The molecule has 2 N–H and O–H groups in total. The van der Waals surface area contributed by atoms with E-state index in [2.05, 4.69) is 20.6 Å². The summed E-state index contributed by atoms with van der Waals surface area (Å²) < 4.78 is 38.4. The van der Waals surface area contributed by atoms with Crippen LogP contribution in [-0.2, 0) is 11.0 Å². The maximum Gasteiger partial charge on any atom is 0.433 e. The molecule has 0 aliphatic heterocycles. The number of alkyl halides is 3. The van der Waals surface area contributed by atoms with Gasteiger partial charge in [-0.25, -0.2) is 4.98 Å². The Kier molecular flexibility index (Phi) is 5.34. The molecule has 1 atom stereocenters. The zero-order valence-corrected chi connectivity index (χ0v) is 12.2. The van der Waals surface area contributed by atoms with Gasteiger partial charge in [-0.3, -0.25) is 4.79 Å². The molecule has 0 spiro atoms. The van der Waals surface area contributed by atoms with Crippen molar-refractivity contribution in [3.05, 3.63) is 11.8 Å². The number of aromatic nitrogens is 2. The number of hydrogen-bond acceptors (Lipinski definition) is 5. The summed E-state index contributed by atoms with van der Waals surface area (Å²) in [5.74, 6) is -0.611. The van der Waals surface area contributed by atoms with Crippen molar-refractivity contribution in [2.24, 2.45) is 5.92 Å². The molecule has 21 heavy (non-hydrogen) atoms. The topological polar surface area (TPSA) is 70.2 Å². The third-order valence-electron chi connectivity index (χ3n) is 2.86. The predicted molar refractivity (Wildman–Crippen MR) is 73.1 cm³/mol. The lowest BCUT2D eigenvalue weighted by Crippen LogP contribution is -2.35. The van der Waals surface area contributed by atoms with Gasteiger partial charge in [-0.15, -0.1) is 0 Å². The number of carbonyl (C=O) groups is 1. The number of anilines is 2. The van der Waals surface area contributed by atoms with E-state index >= 15 is 0 Å². The van der Waals surface area contributed by atoms with Crippen molar-refractivity contribution in [1.29, 1.82) is 0 Å². The SMILES string of the molecule is CNC(=O)C(C)CN(C)c1cc(C(F)(F)F)nc(NC)n1. The Bertz CT molecular complexity index is 506. The molecular weight excluding hydrogens is 287 g/mol. The predicted octanol–water partition coefficient (Wildman–Crippen LogP) is 1.36. The number of halogens is 3. The van der Waals surface area contributed by atoms with Gasteiger partial charge in [0.15, 0.2) is 5.69 Å². The molecule has 1 unspecified atom stereocenters. The van der Waals surface area contributed by atoms with Crippen LogP contribution in [-0.4, -0.2) is 43.6 Å². The minimum absolute atomic E-state index is 0.0948. The molecule has 1 aromatic heterocycles. The van der Waals surface area contributed by atoms with Crippen LogP contribution in [0.5, 0.6) is 0 Å². The summed E-state index contributed by atoms with van der Waals surface area (Å²) >= 11 is 0. The summed E-state index contributed by atoms with van der Waals surface area (Å²) in [6.07, 6.45) is -4.56. The van der Waals surface area contributed by atoms with E-state index in [0.29, 0.717) is 0 Å². The Hall–Kier alpha value is -2.06. The van der Waals surface area contributed by atoms with E-state index in [1.165, 1.54) is 19.0 Å². The molecule has 0 aromatic carbocycles. The zero-order chi connectivity index (χ0) is 16.2. The summed E-state index contributed by atoms with van der Waals surface area (Å²) in [5, 5.41) is 4.98. The third-order valence-corrected chi connectivity index (χ3v) is 2.86. The van der Waals surface area contributed by atoms with E-state index < -0.39 is 11.9 Å². The Balaban J connectivity index is 3.03. The molecule has 0 fully saturated rings. The number of rotatable bonds is 5.